The molecule has 0 saturated carbocycles. The maximum Gasteiger partial charge on any atom is 0.264 e. The molecule has 0 bridgehead atoms. The molecule has 21 heavy (non-hydrogen) atoms. The van der Waals surface area contributed by atoms with E-state index in [4.69, 9.17) is 11.6 Å². The highest BCUT2D eigenvalue weighted by molar-refractivity contribution is 7.93. The van der Waals surface area contributed by atoms with Crippen LogP contribution in [0.3, 0.4) is 0 Å². The number of hydrogen-bond donors (Lipinski definition) is 1. The van der Waals surface area contributed by atoms with Gasteiger partial charge in [0, 0.05) is 25.6 Å². The lowest BCUT2D eigenvalue weighted by Gasteiger charge is -2.09. The van der Waals surface area contributed by atoms with Crippen molar-refractivity contribution in [1.82, 2.24) is 9.78 Å². The highest BCUT2D eigenvalue weighted by Crippen LogP contribution is 2.26. The second kappa shape index (κ2) is 5.32. The Labute approximate surface area is 127 Å². The predicted molar refractivity (Wildman–Crippen MR) is 78.6 cm³/mol. The minimum absolute atomic E-state index is 0.0779. The number of rotatable bonds is 4. The van der Waals surface area contributed by atoms with Crippen molar-refractivity contribution in [3.05, 3.63) is 35.5 Å². The quantitative estimate of drug-likeness (QED) is 0.896. The molecule has 0 atom stereocenters. The van der Waals surface area contributed by atoms with Crippen LogP contribution >= 0.6 is 11.6 Å². The van der Waals surface area contributed by atoms with Crippen LogP contribution in [0.15, 0.2) is 40.3 Å². The Kier molecular flexibility index (Phi) is 4.00. The van der Waals surface area contributed by atoms with Crippen molar-refractivity contribution in [2.75, 3.05) is 11.0 Å². The molecule has 0 spiro atoms. The zero-order chi connectivity index (χ0) is 15.8. The maximum atomic E-state index is 12.3. The van der Waals surface area contributed by atoms with E-state index in [-0.39, 0.29) is 20.6 Å². The molecule has 0 radical (unpaired) electrons. The molecule has 1 aromatic heterocycles. The standard InChI is InChI=1S/C11H12ClN3O4S2/c1-15-6-5-11(13-15)14-21(18,19)10-7-8(20(2,16)17)3-4-9(10)12/h3-7H,1-2H3,(H,13,14). The van der Waals surface area contributed by atoms with Gasteiger partial charge in [0.2, 0.25) is 0 Å². The van der Waals surface area contributed by atoms with Crippen LogP contribution in [0, 0.1) is 0 Å². The molecule has 1 heterocycles. The van der Waals surface area contributed by atoms with Crippen molar-refractivity contribution in [2.24, 2.45) is 7.05 Å². The van der Waals surface area contributed by atoms with Gasteiger partial charge < -0.3 is 0 Å². The summed E-state index contributed by atoms with van der Waals surface area (Å²) < 4.78 is 51.2. The molecule has 1 aromatic carbocycles. The third-order valence-corrected chi connectivity index (χ3v) is 5.52. The van der Waals surface area contributed by atoms with Crippen LogP contribution in [0.4, 0.5) is 5.82 Å². The number of aryl methyl sites for hydroxylation is 1. The van der Waals surface area contributed by atoms with E-state index in [2.05, 4.69) is 9.82 Å². The molecule has 0 aliphatic heterocycles. The highest BCUT2D eigenvalue weighted by atomic mass is 35.5. The highest BCUT2D eigenvalue weighted by Gasteiger charge is 2.21. The number of sulfone groups is 1. The molecule has 0 aliphatic carbocycles. The first-order chi connectivity index (χ1) is 9.59. The summed E-state index contributed by atoms with van der Waals surface area (Å²) in [6.45, 7) is 0. The molecule has 114 valence electrons. The average molecular weight is 350 g/mol. The van der Waals surface area contributed by atoms with Crippen molar-refractivity contribution in [3.63, 3.8) is 0 Å². The minimum Gasteiger partial charge on any atom is -0.274 e. The number of aromatic nitrogens is 2. The van der Waals surface area contributed by atoms with Crippen molar-refractivity contribution in [3.8, 4) is 0 Å². The summed E-state index contributed by atoms with van der Waals surface area (Å²) in [6, 6.07) is 4.96. The maximum absolute atomic E-state index is 12.3. The van der Waals surface area contributed by atoms with Gasteiger partial charge in [0.15, 0.2) is 15.7 Å². The first kappa shape index (κ1) is 15.8. The van der Waals surface area contributed by atoms with Gasteiger partial charge in [-0.2, -0.15) is 5.10 Å². The summed E-state index contributed by atoms with van der Waals surface area (Å²) in [5.41, 5.74) is 0. The van der Waals surface area contributed by atoms with Gasteiger partial charge in [-0.1, -0.05) is 11.6 Å². The van der Waals surface area contributed by atoms with E-state index in [1.54, 1.807) is 13.2 Å². The van der Waals surface area contributed by atoms with E-state index in [0.717, 1.165) is 12.3 Å². The number of nitrogens with zero attached hydrogens (tertiary/aromatic N) is 2. The topological polar surface area (TPSA) is 98.1 Å². The average Bonchev–Trinajstić information content (AvgIpc) is 2.72. The third-order valence-electron chi connectivity index (χ3n) is 2.57. The van der Waals surface area contributed by atoms with Crippen molar-refractivity contribution in [1.29, 1.82) is 0 Å². The third kappa shape index (κ3) is 3.55. The van der Waals surface area contributed by atoms with Gasteiger partial charge in [0.25, 0.3) is 10.0 Å². The smallest absolute Gasteiger partial charge is 0.264 e. The molecular weight excluding hydrogens is 338 g/mol. The Balaban J connectivity index is 2.49. The molecule has 2 aromatic rings. The van der Waals surface area contributed by atoms with Crippen LogP contribution in [0.5, 0.6) is 0 Å². The predicted octanol–water partition coefficient (Wildman–Crippen LogP) is 1.28. The van der Waals surface area contributed by atoms with Crippen LogP contribution in [-0.4, -0.2) is 32.9 Å². The van der Waals surface area contributed by atoms with Crippen molar-refractivity contribution >= 4 is 37.3 Å². The van der Waals surface area contributed by atoms with E-state index in [0.29, 0.717) is 0 Å². The Morgan fingerprint density at radius 3 is 2.38 bits per heavy atom. The number of anilines is 1. The second-order valence-corrected chi connectivity index (χ2v) is 8.42. The van der Waals surface area contributed by atoms with Crippen LogP contribution in [0.25, 0.3) is 0 Å². The first-order valence-corrected chi connectivity index (χ1v) is 9.37. The van der Waals surface area contributed by atoms with E-state index in [9.17, 15) is 16.8 Å². The Bertz CT molecular complexity index is 888. The number of benzene rings is 1. The van der Waals surface area contributed by atoms with Gasteiger partial charge in [-0.25, -0.2) is 16.8 Å². The monoisotopic (exact) mass is 349 g/mol. The number of nitrogens with one attached hydrogen (secondary N) is 1. The summed E-state index contributed by atoms with van der Waals surface area (Å²) in [5.74, 6) is 0.110. The fourth-order valence-corrected chi connectivity index (χ4v) is 3.83. The molecule has 7 nitrogen and oxygen atoms in total. The molecular formula is C11H12ClN3O4S2. The normalized spacial score (nSPS) is 12.3. The Hall–Kier alpha value is -1.58. The summed E-state index contributed by atoms with van der Waals surface area (Å²) in [5, 5.41) is 3.81. The minimum atomic E-state index is -4.04. The summed E-state index contributed by atoms with van der Waals surface area (Å²) in [7, 11) is -5.94. The fourth-order valence-electron chi connectivity index (χ4n) is 1.58. The SMILES string of the molecule is Cn1ccc(NS(=O)(=O)c2cc(S(C)(=O)=O)ccc2Cl)n1. The lowest BCUT2D eigenvalue weighted by molar-refractivity contribution is 0.599. The zero-order valence-corrected chi connectivity index (χ0v) is 13.5. The van der Waals surface area contributed by atoms with Crippen molar-refractivity contribution < 1.29 is 16.8 Å². The number of sulfonamides is 1. The van der Waals surface area contributed by atoms with E-state index in [1.165, 1.54) is 22.9 Å². The zero-order valence-electron chi connectivity index (χ0n) is 11.1. The van der Waals surface area contributed by atoms with Gasteiger partial charge >= 0.3 is 0 Å². The van der Waals surface area contributed by atoms with Crippen LogP contribution < -0.4 is 4.72 Å². The van der Waals surface area contributed by atoms with Gasteiger partial charge in [0.05, 0.1) is 9.92 Å². The molecule has 0 unspecified atom stereocenters. The molecule has 0 aliphatic rings. The molecule has 2 rings (SSSR count). The lowest BCUT2D eigenvalue weighted by Crippen LogP contribution is -2.15. The molecule has 1 N–H and O–H groups in total. The van der Waals surface area contributed by atoms with Gasteiger partial charge in [-0.15, -0.1) is 0 Å². The Morgan fingerprint density at radius 2 is 1.86 bits per heavy atom. The van der Waals surface area contributed by atoms with Crippen LogP contribution in [0.1, 0.15) is 0 Å². The largest absolute Gasteiger partial charge is 0.274 e. The van der Waals surface area contributed by atoms with E-state index >= 15 is 0 Å². The van der Waals surface area contributed by atoms with Crippen LogP contribution in [-0.2, 0) is 26.9 Å². The van der Waals surface area contributed by atoms with E-state index < -0.39 is 19.9 Å². The summed E-state index contributed by atoms with van der Waals surface area (Å²) in [4.78, 5) is -0.453. The number of hydrogen-bond acceptors (Lipinski definition) is 5. The number of halogens is 1. The molecule has 0 fully saturated rings. The summed E-state index contributed by atoms with van der Waals surface area (Å²) in [6.07, 6.45) is 2.55. The second-order valence-electron chi connectivity index (χ2n) is 4.34. The molecule has 0 saturated heterocycles. The van der Waals surface area contributed by atoms with Crippen LogP contribution in [0.2, 0.25) is 5.02 Å². The van der Waals surface area contributed by atoms with E-state index in [1.807, 2.05) is 0 Å². The summed E-state index contributed by atoms with van der Waals surface area (Å²) >= 11 is 5.86. The van der Waals surface area contributed by atoms with Gasteiger partial charge in [0.1, 0.15) is 4.90 Å². The molecule has 10 heteroatoms. The van der Waals surface area contributed by atoms with Gasteiger partial charge in [-0.3, -0.25) is 9.40 Å². The lowest BCUT2D eigenvalue weighted by atomic mass is 10.4. The fraction of sp³-hybridized carbons (Fsp3) is 0.182. The molecule has 0 amide bonds. The van der Waals surface area contributed by atoms with Crippen molar-refractivity contribution in [2.45, 2.75) is 9.79 Å². The van der Waals surface area contributed by atoms with Gasteiger partial charge in [-0.05, 0) is 18.2 Å². The Morgan fingerprint density at radius 1 is 1.19 bits per heavy atom. The first-order valence-electron chi connectivity index (χ1n) is 5.62.